The number of urea groups is 1. The quantitative estimate of drug-likeness (QED) is 0.527. The van der Waals surface area contributed by atoms with Gasteiger partial charge in [0.2, 0.25) is 0 Å². The van der Waals surface area contributed by atoms with E-state index < -0.39 is 11.7 Å². The molecule has 0 aliphatic rings. The third kappa shape index (κ3) is 5.43. The summed E-state index contributed by atoms with van der Waals surface area (Å²) in [7, 11) is 0. The second-order valence-corrected chi connectivity index (χ2v) is 7.34. The molecule has 0 atom stereocenters. The molecule has 30 heavy (non-hydrogen) atoms. The summed E-state index contributed by atoms with van der Waals surface area (Å²) >= 11 is 0. The van der Waals surface area contributed by atoms with Gasteiger partial charge >= 0.3 is 12.2 Å². The first-order valence-corrected chi connectivity index (χ1v) is 9.67. The fraction of sp³-hybridized carbons (Fsp3) is 0.261. The Morgan fingerprint density at radius 2 is 1.67 bits per heavy atom. The number of alkyl halides is 3. The highest BCUT2D eigenvalue weighted by molar-refractivity contribution is 5.89. The molecule has 0 saturated heterocycles. The Labute approximate surface area is 173 Å². The van der Waals surface area contributed by atoms with E-state index in [0.29, 0.717) is 18.8 Å². The fourth-order valence-electron chi connectivity index (χ4n) is 3.13. The molecule has 3 aromatic rings. The Morgan fingerprint density at radius 3 is 2.27 bits per heavy atom. The molecule has 0 fully saturated rings. The van der Waals surface area contributed by atoms with Crippen LogP contribution in [0.3, 0.4) is 0 Å². The van der Waals surface area contributed by atoms with Crippen molar-refractivity contribution in [2.45, 2.75) is 39.2 Å². The number of anilines is 1. The van der Waals surface area contributed by atoms with E-state index in [-0.39, 0.29) is 12.1 Å². The van der Waals surface area contributed by atoms with Crippen molar-refractivity contribution in [3.8, 4) is 0 Å². The predicted molar refractivity (Wildman–Crippen MR) is 111 cm³/mol. The monoisotopic (exact) mass is 415 g/mol. The molecule has 0 spiro atoms. The third-order valence-electron chi connectivity index (χ3n) is 4.80. The zero-order valence-electron chi connectivity index (χ0n) is 16.9. The Hall–Kier alpha value is -3.22. The molecule has 0 aliphatic carbocycles. The lowest BCUT2D eigenvalue weighted by atomic mass is 10.2. The maximum Gasteiger partial charge on any atom is 0.416 e. The van der Waals surface area contributed by atoms with Gasteiger partial charge in [-0.3, -0.25) is 0 Å². The van der Waals surface area contributed by atoms with Crippen LogP contribution >= 0.6 is 0 Å². The highest BCUT2D eigenvalue weighted by atomic mass is 19.4. The van der Waals surface area contributed by atoms with Crippen molar-refractivity contribution >= 4 is 11.7 Å². The van der Waals surface area contributed by atoms with Gasteiger partial charge in [0.25, 0.3) is 0 Å². The van der Waals surface area contributed by atoms with E-state index in [4.69, 9.17) is 0 Å². The van der Waals surface area contributed by atoms with Gasteiger partial charge in [0.1, 0.15) is 0 Å². The number of hydrogen-bond donors (Lipinski definition) is 1. The molecular weight excluding hydrogens is 391 g/mol. The number of hydrogen-bond acceptors (Lipinski definition) is 1. The molecule has 0 bridgehead atoms. The highest BCUT2D eigenvalue weighted by Gasteiger charge is 2.30. The van der Waals surface area contributed by atoms with Crippen LogP contribution in [0.5, 0.6) is 0 Å². The van der Waals surface area contributed by atoms with Crippen molar-refractivity contribution in [2.24, 2.45) is 0 Å². The van der Waals surface area contributed by atoms with E-state index >= 15 is 0 Å². The fourth-order valence-corrected chi connectivity index (χ4v) is 3.13. The molecule has 1 aromatic heterocycles. The van der Waals surface area contributed by atoms with Crippen LogP contribution in [-0.4, -0.2) is 21.5 Å². The van der Waals surface area contributed by atoms with E-state index in [0.717, 1.165) is 23.4 Å². The van der Waals surface area contributed by atoms with Crippen molar-refractivity contribution in [2.75, 3.05) is 5.32 Å². The van der Waals surface area contributed by atoms with Gasteiger partial charge in [-0.25, -0.2) is 4.79 Å². The van der Waals surface area contributed by atoms with Crippen LogP contribution in [0.4, 0.5) is 23.7 Å². The first-order valence-electron chi connectivity index (χ1n) is 9.67. The summed E-state index contributed by atoms with van der Waals surface area (Å²) in [4.78, 5) is 14.5. The van der Waals surface area contributed by atoms with E-state index in [1.54, 1.807) is 4.90 Å². The number of benzene rings is 2. The number of carbonyl (C=O) groups is 1. The second-order valence-electron chi connectivity index (χ2n) is 7.34. The van der Waals surface area contributed by atoms with Crippen LogP contribution in [0.25, 0.3) is 0 Å². The van der Waals surface area contributed by atoms with Crippen molar-refractivity contribution in [3.63, 3.8) is 0 Å². The van der Waals surface area contributed by atoms with Gasteiger partial charge in [-0.05, 0) is 55.8 Å². The molecule has 1 heterocycles. The summed E-state index contributed by atoms with van der Waals surface area (Å²) in [5.74, 6) is 0. The number of carbonyl (C=O) groups excluding carboxylic acids is 1. The molecule has 2 amide bonds. The number of amides is 2. The molecule has 3 rings (SSSR count). The molecule has 1 N–H and O–H groups in total. The van der Waals surface area contributed by atoms with Crippen LogP contribution in [0, 0.1) is 0 Å². The minimum absolute atomic E-state index is 0.0977. The summed E-state index contributed by atoms with van der Waals surface area (Å²) in [6, 6.07) is 17.9. The van der Waals surface area contributed by atoms with Gasteiger partial charge in [-0.15, -0.1) is 0 Å². The van der Waals surface area contributed by atoms with E-state index in [1.807, 2.05) is 62.5 Å². The van der Waals surface area contributed by atoms with Gasteiger partial charge < -0.3 is 14.8 Å². The largest absolute Gasteiger partial charge is 0.416 e. The number of nitrogens with zero attached hydrogens (tertiary/aromatic N) is 2. The lowest BCUT2D eigenvalue weighted by Crippen LogP contribution is -2.40. The Morgan fingerprint density at radius 1 is 1.00 bits per heavy atom. The molecule has 0 radical (unpaired) electrons. The number of rotatable bonds is 6. The van der Waals surface area contributed by atoms with Crippen LogP contribution in [0.2, 0.25) is 0 Å². The standard InChI is InChI=1S/C23H24F3N3O/c1-17(2)29(22(30)27-20-12-10-19(11-13-20)23(24,25)26)16-21-9-6-14-28(21)15-18-7-4-3-5-8-18/h3-14,17H,15-16H2,1-2H3,(H,27,30). The lowest BCUT2D eigenvalue weighted by Gasteiger charge is -2.27. The molecular formula is C23H24F3N3O. The summed E-state index contributed by atoms with van der Waals surface area (Å²) < 4.78 is 40.3. The molecule has 2 aromatic carbocycles. The van der Waals surface area contributed by atoms with Crippen LogP contribution in [-0.2, 0) is 19.3 Å². The third-order valence-corrected chi connectivity index (χ3v) is 4.80. The first-order chi connectivity index (χ1) is 14.2. The van der Waals surface area contributed by atoms with E-state index in [2.05, 4.69) is 9.88 Å². The molecule has 7 heteroatoms. The smallest absolute Gasteiger partial charge is 0.345 e. The summed E-state index contributed by atoms with van der Waals surface area (Å²) in [5, 5.41) is 2.69. The predicted octanol–water partition coefficient (Wildman–Crippen LogP) is 6.00. The summed E-state index contributed by atoms with van der Waals surface area (Å²) in [6.45, 7) is 4.87. The maximum absolute atomic E-state index is 12.8. The maximum atomic E-state index is 12.8. The van der Waals surface area contributed by atoms with Gasteiger partial charge in [-0.2, -0.15) is 13.2 Å². The molecule has 0 saturated carbocycles. The minimum atomic E-state index is -4.41. The van der Waals surface area contributed by atoms with E-state index in [1.165, 1.54) is 12.1 Å². The van der Waals surface area contributed by atoms with Crippen LogP contribution in [0.15, 0.2) is 72.9 Å². The molecule has 158 valence electrons. The Bertz CT molecular complexity index is 963. The van der Waals surface area contributed by atoms with Crippen molar-refractivity contribution < 1.29 is 18.0 Å². The normalized spacial score (nSPS) is 11.5. The topological polar surface area (TPSA) is 37.3 Å². The Balaban J connectivity index is 1.71. The van der Waals surface area contributed by atoms with Gasteiger partial charge in [-0.1, -0.05) is 30.3 Å². The SMILES string of the molecule is CC(C)N(Cc1cccn1Cc1ccccc1)C(=O)Nc1ccc(C(F)(F)F)cc1. The van der Waals surface area contributed by atoms with E-state index in [9.17, 15) is 18.0 Å². The van der Waals surface area contributed by atoms with Gasteiger partial charge in [0.15, 0.2) is 0 Å². The molecule has 0 aliphatic heterocycles. The second kappa shape index (κ2) is 9.07. The van der Waals surface area contributed by atoms with Crippen molar-refractivity contribution in [1.82, 2.24) is 9.47 Å². The average Bonchev–Trinajstić information content (AvgIpc) is 3.13. The summed E-state index contributed by atoms with van der Waals surface area (Å²) in [6.07, 6.45) is -2.44. The number of nitrogens with one attached hydrogen (secondary N) is 1. The number of halogens is 3. The Kier molecular flexibility index (Phi) is 6.50. The highest BCUT2D eigenvalue weighted by Crippen LogP contribution is 2.30. The molecule has 4 nitrogen and oxygen atoms in total. The lowest BCUT2D eigenvalue weighted by molar-refractivity contribution is -0.137. The van der Waals surface area contributed by atoms with Crippen LogP contribution < -0.4 is 5.32 Å². The van der Waals surface area contributed by atoms with Crippen LogP contribution in [0.1, 0.15) is 30.7 Å². The van der Waals surface area contributed by atoms with Crippen molar-refractivity contribution in [1.29, 1.82) is 0 Å². The van der Waals surface area contributed by atoms with Gasteiger partial charge in [0.05, 0.1) is 12.1 Å². The summed E-state index contributed by atoms with van der Waals surface area (Å²) in [5.41, 5.74) is 1.69. The van der Waals surface area contributed by atoms with Gasteiger partial charge in [0, 0.05) is 30.2 Å². The van der Waals surface area contributed by atoms with Crippen molar-refractivity contribution in [3.05, 3.63) is 89.7 Å². The zero-order valence-corrected chi connectivity index (χ0v) is 16.9. The average molecular weight is 415 g/mol. The zero-order chi connectivity index (χ0) is 21.7. The molecule has 0 unspecified atom stereocenters. The minimum Gasteiger partial charge on any atom is -0.345 e. The first kappa shape index (κ1) is 21.5. The number of aromatic nitrogens is 1.